The quantitative estimate of drug-likeness (QED) is 0.295. The second kappa shape index (κ2) is 9.28. The topological polar surface area (TPSA) is 43.3 Å². The van der Waals surface area contributed by atoms with Crippen LogP contribution < -0.4 is 10.1 Å². The van der Waals surface area contributed by atoms with Gasteiger partial charge in [0.1, 0.15) is 11.5 Å². The van der Waals surface area contributed by atoms with Crippen LogP contribution in [0, 0.1) is 0 Å². The van der Waals surface area contributed by atoms with Gasteiger partial charge in [-0.2, -0.15) is 0 Å². The van der Waals surface area contributed by atoms with Crippen molar-refractivity contribution in [1.82, 2.24) is 4.57 Å². The lowest BCUT2D eigenvalue weighted by molar-refractivity contribution is 0.254. The molecule has 0 spiro atoms. The predicted octanol–water partition coefficient (Wildman–Crippen LogP) is 8.30. The Morgan fingerprint density at radius 3 is 2.15 bits per heavy atom. The van der Waals surface area contributed by atoms with Crippen molar-refractivity contribution in [3.05, 3.63) is 115 Å². The molecule has 0 aliphatic rings. The number of nitrogens with one attached hydrogen (secondary N) is 1. The monoisotopic (exact) mass is 446 g/mol. The van der Waals surface area contributed by atoms with E-state index in [0.29, 0.717) is 17.4 Å². The van der Waals surface area contributed by atoms with E-state index in [0.717, 1.165) is 27.8 Å². The number of ether oxygens (including phenoxy) is 1. The zero-order valence-electron chi connectivity index (χ0n) is 19.2. The smallest absolute Gasteiger partial charge is 0.330 e. The van der Waals surface area contributed by atoms with E-state index >= 15 is 0 Å². The van der Waals surface area contributed by atoms with Crippen molar-refractivity contribution in [2.45, 2.75) is 19.8 Å². The summed E-state index contributed by atoms with van der Waals surface area (Å²) in [6.07, 6.45) is 1.94. The number of para-hydroxylation sites is 2. The van der Waals surface area contributed by atoms with Crippen molar-refractivity contribution < 1.29 is 9.53 Å². The molecule has 0 aliphatic heterocycles. The summed E-state index contributed by atoms with van der Waals surface area (Å²) >= 11 is 0. The maximum Gasteiger partial charge on any atom is 0.330 e. The highest BCUT2D eigenvalue weighted by Gasteiger charge is 2.17. The third-order valence-electron chi connectivity index (χ3n) is 5.89. The number of carbonyl (C=O) groups excluding carboxylic acids is 1. The molecule has 4 nitrogen and oxygen atoms in total. The number of amides is 1. The molecule has 1 N–H and O–H groups in total. The molecular formula is C30H26N2O2. The van der Waals surface area contributed by atoms with Gasteiger partial charge in [-0.25, -0.2) is 4.79 Å². The first-order chi connectivity index (χ1) is 16.6. The van der Waals surface area contributed by atoms with E-state index in [4.69, 9.17) is 4.74 Å². The van der Waals surface area contributed by atoms with Crippen molar-refractivity contribution in [3.63, 3.8) is 0 Å². The molecule has 0 radical (unpaired) electrons. The lowest BCUT2D eigenvalue weighted by atomic mass is 9.92. The molecule has 4 heteroatoms. The van der Waals surface area contributed by atoms with Crippen LogP contribution in [0.15, 0.2) is 109 Å². The molecule has 0 atom stereocenters. The highest BCUT2D eigenvalue weighted by atomic mass is 16.5. The van der Waals surface area contributed by atoms with Crippen molar-refractivity contribution in [1.29, 1.82) is 0 Å². The fourth-order valence-corrected chi connectivity index (χ4v) is 4.22. The summed E-state index contributed by atoms with van der Waals surface area (Å²) in [5, 5.41) is 4.07. The molecule has 1 amide bonds. The van der Waals surface area contributed by atoms with Crippen LogP contribution in [-0.4, -0.2) is 10.6 Å². The van der Waals surface area contributed by atoms with E-state index in [1.165, 1.54) is 5.56 Å². The average molecular weight is 447 g/mol. The minimum atomic E-state index is -0.207. The van der Waals surface area contributed by atoms with E-state index in [9.17, 15) is 4.79 Å². The van der Waals surface area contributed by atoms with Crippen LogP contribution in [0.4, 0.5) is 10.5 Å². The van der Waals surface area contributed by atoms with Gasteiger partial charge in [-0.05, 0) is 59.5 Å². The molecule has 0 aliphatic carbocycles. The van der Waals surface area contributed by atoms with Gasteiger partial charge in [0.25, 0.3) is 0 Å². The first-order valence-electron chi connectivity index (χ1n) is 11.4. The molecule has 0 saturated carbocycles. The van der Waals surface area contributed by atoms with Crippen molar-refractivity contribution in [2.75, 3.05) is 5.32 Å². The Bertz CT molecular complexity index is 1430. The van der Waals surface area contributed by atoms with E-state index in [1.807, 2.05) is 85.1 Å². The number of carbonyl (C=O) groups is 1. The molecule has 0 bridgehead atoms. The van der Waals surface area contributed by atoms with Gasteiger partial charge in [0.05, 0.1) is 5.52 Å². The minimum Gasteiger partial charge on any atom is -0.457 e. The number of aromatic nitrogens is 1. The van der Waals surface area contributed by atoms with Crippen LogP contribution in [0.5, 0.6) is 11.5 Å². The second-order valence-corrected chi connectivity index (χ2v) is 8.54. The fourth-order valence-electron chi connectivity index (χ4n) is 4.22. The summed E-state index contributed by atoms with van der Waals surface area (Å²) in [5.74, 6) is 1.86. The molecule has 1 aromatic heterocycles. The van der Waals surface area contributed by atoms with Gasteiger partial charge >= 0.3 is 6.03 Å². The van der Waals surface area contributed by atoms with E-state index in [1.54, 1.807) is 4.57 Å². The summed E-state index contributed by atoms with van der Waals surface area (Å²) in [5.41, 5.74) is 5.05. The number of fused-ring (bicyclic) bond motifs is 1. The van der Waals surface area contributed by atoms with Gasteiger partial charge < -0.3 is 10.1 Å². The van der Waals surface area contributed by atoms with Crippen molar-refractivity contribution in [3.8, 4) is 22.6 Å². The van der Waals surface area contributed by atoms with Crippen LogP contribution >= 0.6 is 0 Å². The van der Waals surface area contributed by atoms with Gasteiger partial charge in [-0.1, -0.05) is 74.5 Å². The standard InChI is InChI=1S/C30H26N2O2/c1-21(2)25-12-6-7-13-26(25)28-20-32(29-15-9-8-14-27(28)29)30(33)31-22-16-18-24(19-17-22)34-23-10-4-3-5-11-23/h3-21H,1-2H3,(H,31,33). The lowest BCUT2D eigenvalue weighted by Gasteiger charge is -2.12. The van der Waals surface area contributed by atoms with E-state index in [2.05, 4.69) is 43.4 Å². The van der Waals surface area contributed by atoms with Gasteiger partial charge in [-0.15, -0.1) is 0 Å². The van der Waals surface area contributed by atoms with Crippen LogP contribution in [-0.2, 0) is 0 Å². The van der Waals surface area contributed by atoms with Gasteiger partial charge in [0.15, 0.2) is 0 Å². The van der Waals surface area contributed by atoms with Crippen LogP contribution in [0.2, 0.25) is 0 Å². The number of nitrogens with zero attached hydrogens (tertiary/aromatic N) is 1. The first-order valence-corrected chi connectivity index (χ1v) is 11.4. The highest BCUT2D eigenvalue weighted by molar-refractivity contribution is 6.05. The molecule has 1 heterocycles. The Morgan fingerprint density at radius 1 is 0.735 bits per heavy atom. The molecule has 4 aromatic carbocycles. The summed E-state index contributed by atoms with van der Waals surface area (Å²) in [6.45, 7) is 4.38. The van der Waals surface area contributed by atoms with Crippen LogP contribution in [0.25, 0.3) is 22.0 Å². The molecule has 5 aromatic rings. The average Bonchev–Trinajstić information content (AvgIpc) is 3.26. The number of hydrogen-bond donors (Lipinski definition) is 1. The normalized spacial score (nSPS) is 11.0. The number of rotatable bonds is 5. The summed E-state index contributed by atoms with van der Waals surface area (Å²) in [6, 6.07) is 33.2. The number of hydrogen-bond acceptors (Lipinski definition) is 2. The van der Waals surface area contributed by atoms with E-state index in [-0.39, 0.29) is 6.03 Å². The third-order valence-corrected chi connectivity index (χ3v) is 5.89. The maximum atomic E-state index is 13.3. The van der Waals surface area contributed by atoms with Gasteiger partial charge in [0, 0.05) is 22.8 Å². The summed E-state index contributed by atoms with van der Waals surface area (Å²) in [4.78, 5) is 13.3. The van der Waals surface area contributed by atoms with Crippen LogP contribution in [0.1, 0.15) is 25.3 Å². The number of anilines is 1. The zero-order valence-corrected chi connectivity index (χ0v) is 19.2. The SMILES string of the molecule is CC(C)c1ccccc1-c1cn(C(=O)Nc2ccc(Oc3ccccc3)cc2)c2ccccc12. The van der Waals surface area contributed by atoms with Gasteiger partial charge in [-0.3, -0.25) is 4.57 Å². The zero-order chi connectivity index (χ0) is 23.5. The second-order valence-electron chi connectivity index (χ2n) is 8.54. The molecule has 0 saturated heterocycles. The Kier molecular flexibility index (Phi) is 5.88. The van der Waals surface area contributed by atoms with Crippen molar-refractivity contribution in [2.24, 2.45) is 0 Å². The molecule has 0 fully saturated rings. The Labute approximate surface area is 199 Å². The lowest BCUT2D eigenvalue weighted by Crippen LogP contribution is -2.18. The summed E-state index contributed by atoms with van der Waals surface area (Å²) < 4.78 is 7.54. The third kappa shape index (κ3) is 4.30. The molecular weight excluding hydrogens is 420 g/mol. The predicted molar refractivity (Wildman–Crippen MR) is 139 cm³/mol. The fraction of sp³-hybridized carbons (Fsp3) is 0.100. The minimum absolute atomic E-state index is 0.207. The maximum absolute atomic E-state index is 13.3. The van der Waals surface area contributed by atoms with Gasteiger partial charge in [0.2, 0.25) is 0 Å². The first kappa shape index (κ1) is 21.5. The molecule has 5 rings (SSSR count). The Morgan fingerprint density at radius 2 is 1.38 bits per heavy atom. The molecule has 0 unspecified atom stereocenters. The van der Waals surface area contributed by atoms with Crippen LogP contribution in [0.3, 0.4) is 0 Å². The molecule has 168 valence electrons. The Balaban J connectivity index is 1.43. The number of benzene rings is 4. The van der Waals surface area contributed by atoms with E-state index < -0.39 is 0 Å². The highest BCUT2D eigenvalue weighted by Crippen LogP contribution is 2.35. The summed E-state index contributed by atoms with van der Waals surface area (Å²) in [7, 11) is 0. The largest absolute Gasteiger partial charge is 0.457 e. The molecule has 34 heavy (non-hydrogen) atoms. The Hall–Kier alpha value is -4.31. The van der Waals surface area contributed by atoms with Crippen molar-refractivity contribution >= 4 is 22.6 Å².